The molecule has 2 heterocycles. The molecule has 1 aromatic heterocycles. The van der Waals surface area contributed by atoms with Crippen LogP contribution in [0.15, 0.2) is 64.5 Å². The molecule has 3 amide bonds. The van der Waals surface area contributed by atoms with E-state index < -0.39 is 6.03 Å². The Kier molecular flexibility index (Phi) is 4.93. The zero-order valence-corrected chi connectivity index (χ0v) is 16.5. The summed E-state index contributed by atoms with van der Waals surface area (Å²) >= 11 is 0. The highest BCUT2D eigenvalue weighted by Crippen LogP contribution is 2.19. The molecule has 2 aromatic carbocycles. The van der Waals surface area contributed by atoms with Crippen molar-refractivity contribution in [1.29, 1.82) is 0 Å². The molecular formula is C21H20N6O3. The van der Waals surface area contributed by atoms with Crippen molar-refractivity contribution in [3.8, 4) is 5.69 Å². The van der Waals surface area contributed by atoms with E-state index >= 15 is 0 Å². The molecule has 2 N–H and O–H groups in total. The number of benzene rings is 2. The summed E-state index contributed by atoms with van der Waals surface area (Å²) in [4.78, 5) is 35.7. The van der Waals surface area contributed by atoms with E-state index in [1.54, 1.807) is 16.8 Å². The maximum atomic E-state index is 13.0. The number of hydrogen-bond donors (Lipinski definition) is 2. The van der Waals surface area contributed by atoms with Crippen LogP contribution >= 0.6 is 0 Å². The van der Waals surface area contributed by atoms with Crippen LogP contribution in [0.1, 0.15) is 11.3 Å². The zero-order valence-electron chi connectivity index (χ0n) is 16.5. The first-order valence-corrected chi connectivity index (χ1v) is 9.30. The molecule has 1 fully saturated rings. The number of imide groups is 1. The van der Waals surface area contributed by atoms with Crippen molar-refractivity contribution in [1.82, 2.24) is 19.7 Å². The Hall–Kier alpha value is -4.14. The average Bonchev–Trinajstić information content (AvgIpc) is 3.18. The van der Waals surface area contributed by atoms with Gasteiger partial charge >= 0.3 is 6.03 Å². The van der Waals surface area contributed by atoms with E-state index in [1.807, 2.05) is 61.1 Å². The highest BCUT2D eigenvalue weighted by atomic mass is 16.2. The molecule has 0 bridgehead atoms. The molecule has 1 aliphatic heterocycles. The largest absolute Gasteiger partial charge is 0.349 e. The van der Waals surface area contributed by atoms with Crippen LogP contribution in [0, 0.1) is 6.92 Å². The molecule has 9 heteroatoms. The molecule has 152 valence electrons. The molecule has 1 saturated heterocycles. The van der Waals surface area contributed by atoms with Crippen molar-refractivity contribution in [2.45, 2.75) is 6.92 Å². The number of carbonyl (C=O) groups excluding carboxylic acids is 2. The highest BCUT2D eigenvalue weighted by Gasteiger charge is 2.25. The summed E-state index contributed by atoms with van der Waals surface area (Å²) in [6, 6.07) is 16.1. The summed E-state index contributed by atoms with van der Waals surface area (Å²) in [5.74, 6) is -0.379. The van der Waals surface area contributed by atoms with Gasteiger partial charge in [0.2, 0.25) is 5.91 Å². The lowest BCUT2D eigenvalue weighted by Gasteiger charge is -2.07. The SMILES string of the molecule is Cc1c(Nc2ccc(/C=N\N3CC(=O)NC3=O)cc2)c(=O)n(-c2ccccc2)n1C. The van der Waals surface area contributed by atoms with Gasteiger partial charge in [0.1, 0.15) is 12.2 Å². The number of nitrogens with one attached hydrogen (secondary N) is 2. The van der Waals surface area contributed by atoms with Gasteiger partial charge in [-0.2, -0.15) is 5.10 Å². The van der Waals surface area contributed by atoms with Gasteiger partial charge in [-0.3, -0.25) is 19.6 Å². The number of anilines is 2. The van der Waals surface area contributed by atoms with Crippen LogP contribution in [0.25, 0.3) is 5.69 Å². The van der Waals surface area contributed by atoms with Crippen LogP contribution in [-0.4, -0.2) is 39.1 Å². The van der Waals surface area contributed by atoms with E-state index in [-0.39, 0.29) is 18.0 Å². The van der Waals surface area contributed by atoms with Crippen molar-refractivity contribution in [2.75, 3.05) is 11.9 Å². The highest BCUT2D eigenvalue weighted by molar-refractivity contribution is 6.02. The van der Waals surface area contributed by atoms with E-state index in [1.165, 1.54) is 6.21 Å². The minimum Gasteiger partial charge on any atom is -0.349 e. The second-order valence-electron chi connectivity index (χ2n) is 6.84. The van der Waals surface area contributed by atoms with Gasteiger partial charge in [0, 0.05) is 12.7 Å². The molecule has 4 rings (SSSR count). The molecule has 0 spiro atoms. The third-order valence-electron chi connectivity index (χ3n) is 4.85. The first-order valence-electron chi connectivity index (χ1n) is 9.30. The Labute approximate surface area is 172 Å². The van der Waals surface area contributed by atoms with Gasteiger partial charge in [0.05, 0.1) is 17.6 Å². The molecule has 0 unspecified atom stereocenters. The smallest absolute Gasteiger partial charge is 0.344 e. The summed E-state index contributed by atoms with van der Waals surface area (Å²) in [6.45, 7) is 1.79. The van der Waals surface area contributed by atoms with Gasteiger partial charge < -0.3 is 5.32 Å². The number of rotatable bonds is 5. The van der Waals surface area contributed by atoms with Gasteiger partial charge in [-0.25, -0.2) is 14.5 Å². The van der Waals surface area contributed by atoms with E-state index in [4.69, 9.17) is 0 Å². The van der Waals surface area contributed by atoms with Crippen LogP contribution < -0.4 is 16.2 Å². The van der Waals surface area contributed by atoms with Crippen LogP contribution in [-0.2, 0) is 11.8 Å². The Morgan fingerprint density at radius 1 is 1.03 bits per heavy atom. The Bertz CT molecular complexity index is 1190. The quantitative estimate of drug-likeness (QED) is 0.502. The number of amides is 3. The number of urea groups is 1. The second-order valence-corrected chi connectivity index (χ2v) is 6.84. The Morgan fingerprint density at radius 3 is 2.37 bits per heavy atom. The molecular weight excluding hydrogens is 384 g/mol. The third kappa shape index (κ3) is 3.60. The molecule has 0 aliphatic carbocycles. The molecule has 9 nitrogen and oxygen atoms in total. The maximum Gasteiger partial charge on any atom is 0.344 e. The summed E-state index contributed by atoms with van der Waals surface area (Å²) in [7, 11) is 1.84. The molecule has 0 saturated carbocycles. The summed E-state index contributed by atoms with van der Waals surface area (Å²) in [5.41, 5.74) is 3.44. The molecule has 1 aliphatic rings. The van der Waals surface area contributed by atoms with E-state index in [0.717, 1.165) is 27.6 Å². The predicted molar refractivity (Wildman–Crippen MR) is 113 cm³/mol. The number of para-hydroxylation sites is 1. The van der Waals surface area contributed by atoms with Gasteiger partial charge in [0.15, 0.2) is 0 Å². The van der Waals surface area contributed by atoms with Crippen molar-refractivity contribution >= 4 is 29.5 Å². The zero-order chi connectivity index (χ0) is 21.3. The number of hydrogen-bond acceptors (Lipinski definition) is 5. The first-order chi connectivity index (χ1) is 14.4. The maximum absolute atomic E-state index is 13.0. The van der Waals surface area contributed by atoms with Crippen molar-refractivity contribution in [2.24, 2.45) is 12.1 Å². The predicted octanol–water partition coefficient (Wildman–Crippen LogP) is 2.11. The van der Waals surface area contributed by atoms with Gasteiger partial charge in [-0.05, 0) is 36.8 Å². The number of aromatic nitrogens is 2. The van der Waals surface area contributed by atoms with Crippen LogP contribution in [0.5, 0.6) is 0 Å². The fourth-order valence-corrected chi connectivity index (χ4v) is 3.17. The Morgan fingerprint density at radius 2 is 1.73 bits per heavy atom. The minimum atomic E-state index is -0.538. The third-order valence-corrected chi connectivity index (χ3v) is 4.85. The lowest BCUT2D eigenvalue weighted by Crippen LogP contribution is -2.24. The average molecular weight is 404 g/mol. The van der Waals surface area contributed by atoms with Gasteiger partial charge in [-0.1, -0.05) is 30.3 Å². The number of hydrazone groups is 1. The van der Waals surface area contributed by atoms with Crippen LogP contribution in [0.2, 0.25) is 0 Å². The number of nitrogens with zero attached hydrogens (tertiary/aromatic N) is 4. The van der Waals surface area contributed by atoms with Crippen molar-refractivity contribution < 1.29 is 9.59 Å². The van der Waals surface area contributed by atoms with E-state index in [2.05, 4.69) is 15.7 Å². The topological polar surface area (TPSA) is 101 Å². The minimum absolute atomic E-state index is 0.0874. The summed E-state index contributed by atoms with van der Waals surface area (Å²) in [6.07, 6.45) is 1.50. The second kappa shape index (κ2) is 7.70. The van der Waals surface area contributed by atoms with E-state index in [0.29, 0.717) is 5.69 Å². The summed E-state index contributed by atoms with van der Waals surface area (Å²) in [5, 5.41) is 10.4. The lowest BCUT2D eigenvalue weighted by molar-refractivity contribution is -0.118. The standard InChI is InChI=1S/C21H20N6O3/c1-14-19(20(29)27(25(14)2)17-6-4-3-5-7-17)23-16-10-8-15(9-11-16)12-22-26-13-18(28)24-21(26)30/h3-12,23H,13H2,1-2H3,(H,24,28,30)/b22-12-. The molecule has 3 aromatic rings. The normalized spacial score (nSPS) is 13.9. The Balaban J connectivity index is 1.54. The monoisotopic (exact) mass is 404 g/mol. The molecule has 0 radical (unpaired) electrons. The van der Waals surface area contributed by atoms with Gasteiger partial charge in [-0.15, -0.1) is 0 Å². The van der Waals surface area contributed by atoms with Crippen molar-refractivity contribution in [3.63, 3.8) is 0 Å². The van der Waals surface area contributed by atoms with E-state index in [9.17, 15) is 14.4 Å². The lowest BCUT2D eigenvalue weighted by atomic mass is 10.2. The fourth-order valence-electron chi connectivity index (χ4n) is 3.17. The fraction of sp³-hybridized carbons (Fsp3) is 0.143. The van der Waals surface area contributed by atoms with Crippen molar-refractivity contribution in [3.05, 3.63) is 76.2 Å². The molecule has 0 atom stereocenters. The first kappa shape index (κ1) is 19.2. The number of carbonyl (C=O) groups is 2. The van der Waals surface area contributed by atoms with Crippen LogP contribution in [0.4, 0.5) is 16.2 Å². The van der Waals surface area contributed by atoms with Crippen LogP contribution in [0.3, 0.4) is 0 Å². The van der Waals surface area contributed by atoms with Gasteiger partial charge in [0.25, 0.3) is 5.56 Å². The summed E-state index contributed by atoms with van der Waals surface area (Å²) < 4.78 is 3.42. The molecule has 30 heavy (non-hydrogen) atoms.